The normalized spacial score (nSPS) is 20.3. The van der Waals surface area contributed by atoms with E-state index in [4.69, 9.17) is 0 Å². The summed E-state index contributed by atoms with van der Waals surface area (Å²) in [4.78, 5) is 8.88. The molecule has 26 heavy (non-hydrogen) atoms. The number of aromatic nitrogens is 2. The van der Waals surface area contributed by atoms with Crippen LogP contribution in [-0.4, -0.2) is 9.97 Å². The Morgan fingerprint density at radius 2 is 1.69 bits per heavy atom. The third kappa shape index (κ3) is 4.72. The summed E-state index contributed by atoms with van der Waals surface area (Å²) in [7, 11) is 0. The van der Waals surface area contributed by atoms with Crippen molar-refractivity contribution in [3.05, 3.63) is 58.0 Å². The van der Waals surface area contributed by atoms with E-state index in [0.717, 1.165) is 18.2 Å². The second kappa shape index (κ2) is 9.30. The molecule has 1 saturated carbocycles. The zero-order valence-corrected chi connectivity index (χ0v) is 16.8. The Kier molecular flexibility index (Phi) is 6.82. The quantitative estimate of drug-likeness (QED) is 0.475. The lowest BCUT2D eigenvalue weighted by Crippen LogP contribution is -2.14. The third-order valence-corrected chi connectivity index (χ3v) is 6.11. The fourth-order valence-electron chi connectivity index (χ4n) is 4.21. The van der Waals surface area contributed by atoms with Gasteiger partial charge in [-0.25, -0.2) is 9.97 Å². The van der Waals surface area contributed by atoms with Crippen molar-refractivity contribution in [2.24, 2.45) is 5.92 Å². The van der Waals surface area contributed by atoms with Gasteiger partial charge in [0.25, 0.3) is 0 Å². The lowest BCUT2D eigenvalue weighted by atomic mass is 9.77. The highest BCUT2D eigenvalue weighted by atomic mass is 14.9. The third-order valence-electron chi connectivity index (χ3n) is 6.11. The zero-order valence-electron chi connectivity index (χ0n) is 16.8. The first kappa shape index (κ1) is 19.1. The van der Waals surface area contributed by atoms with Crippen molar-refractivity contribution in [2.75, 3.05) is 0 Å². The minimum atomic E-state index is 0.716. The molecule has 0 bridgehead atoms. The zero-order chi connectivity index (χ0) is 18.4. The Bertz CT molecular complexity index is 771. The predicted octanol–water partition coefficient (Wildman–Crippen LogP) is 6.49. The van der Waals surface area contributed by atoms with Crippen LogP contribution < -0.4 is 0 Å². The van der Waals surface area contributed by atoms with Gasteiger partial charge in [-0.05, 0) is 66.0 Å². The number of hydrogen-bond acceptors (Lipinski definition) is 2. The summed E-state index contributed by atoms with van der Waals surface area (Å²) < 4.78 is 0. The lowest BCUT2D eigenvalue weighted by Gasteiger charge is -2.28. The van der Waals surface area contributed by atoms with Crippen molar-refractivity contribution in [2.45, 2.75) is 84.5 Å². The fourth-order valence-corrected chi connectivity index (χ4v) is 4.21. The number of nitrogens with zero attached hydrogens (tertiary/aromatic N) is 2. The maximum atomic E-state index is 4.44. The van der Waals surface area contributed by atoms with Crippen LogP contribution in [0.3, 0.4) is 0 Å². The first-order chi connectivity index (χ1) is 12.7. The molecule has 0 radical (unpaired) electrons. The van der Waals surface area contributed by atoms with Gasteiger partial charge < -0.3 is 0 Å². The molecule has 0 saturated heterocycles. The second-order valence-corrected chi connectivity index (χ2v) is 8.03. The summed E-state index contributed by atoms with van der Waals surface area (Å²) in [6.07, 6.45) is 16.2. The average Bonchev–Trinajstić information content (AvgIpc) is 2.67. The largest absolute Gasteiger partial charge is 0.241 e. The van der Waals surface area contributed by atoms with Gasteiger partial charge in [0.15, 0.2) is 0 Å². The van der Waals surface area contributed by atoms with E-state index in [0.29, 0.717) is 5.92 Å². The van der Waals surface area contributed by atoms with E-state index in [9.17, 15) is 0 Å². The van der Waals surface area contributed by atoms with Crippen molar-refractivity contribution >= 4 is 0 Å². The summed E-state index contributed by atoms with van der Waals surface area (Å²) in [6.45, 7) is 6.54. The van der Waals surface area contributed by atoms with Gasteiger partial charge in [0.05, 0.1) is 0 Å². The Morgan fingerprint density at radius 1 is 0.962 bits per heavy atom. The number of hydrogen-bond donors (Lipinski definition) is 0. The van der Waals surface area contributed by atoms with Crippen LogP contribution >= 0.6 is 0 Å². The molecular formula is C24H34N2. The molecule has 2 heteroatoms. The summed E-state index contributed by atoms with van der Waals surface area (Å²) in [6, 6.07) is 6.50. The monoisotopic (exact) mass is 350 g/mol. The summed E-state index contributed by atoms with van der Waals surface area (Å²) in [5.41, 5.74) is 2.81. The van der Waals surface area contributed by atoms with Crippen molar-refractivity contribution in [3.8, 4) is 0 Å². The number of rotatable bonds is 6. The maximum absolute atomic E-state index is 4.44. The smallest absolute Gasteiger partial charge is 0.127 e. The van der Waals surface area contributed by atoms with E-state index in [2.05, 4.69) is 61.3 Å². The molecule has 0 N–H and O–H groups in total. The molecule has 0 aliphatic heterocycles. The molecule has 1 heterocycles. The number of unbranched alkanes of at least 4 members (excludes halogenated alkanes) is 2. The minimum Gasteiger partial charge on any atom is -0.241 e. The van der Waals surface area contributed by atoms with Crippen LogP contribution in [0.2, 0.25) is 0 Å². The van der Waals surface area contributed by atoms with Crippen molar-refractivity contribution < 1.29 is 0 Å². The van der Waals surface area contributed by atoms with Crippen LogP contribution in [0.5, 0.6) is 0 Å². The van der Waals surface area contributed by atoms with E-state index in [-0.39, 0.29) is 0 Å². The molecule has 0 spiro atoms. The van der Waals surface area contributed by atoms with Gasteiger partial charge in [-0.15, -0.1) is 0 Å². The molecular weight excluding hydrogens is 316 g/mol. The van der Waals surface area contributed by atoms with Crippen LogP contribution in [0.4, 0.5) is 0 Å². The molecule has 0 amide bonds. The van der Waals surface area contributed by atoms with Gasteiger partial charge >= 0.3 is 0 Å². The Labute approximate surface area is 158 Å². The standard InChI is InChI=1S/C17H28N2.C7H6/c1-3-5-6-7-14-8-10-15(11-9-14)16-12-18-17(4-2)19-13-16;1-5-4-6-2-3-7(5)6/h12-15H,3-11H2,1-2H3;2-4H,1H3. The van der Waals surface area contributed by atoms with Crippen LogP contribution in [0.15, 0.2) is 30.6 Å². The van der Waals surface area contributed by atoms with Crippen LogP contribution in [0.25, 0.3) is 0 Å². The molecule has 1 aromatic heterocycles. The molecule has 4 rings (SSSR count). The Hall–Kier alpha value is -1.70. The van der Waals surface area contributed by atoms with Crippen LogP contribution in [0.1, 0.15) is 88.1 Å². The van der Waals surface area contributed by atoms with Gasteiger partial charge in [0.1, 0.15) is 5.82 Å². The predicted molar refractivity (Wildman–Crippen MR) is 109 cm³/mol. The number of benzene rings is 1. The molecule has 0 atom stereocenters. The summed E-state index contributed by atoms with van der Waals surface area (Å²) in [5.74, 6) is 2.67. The lowest BCUT2D eigenvalue weighted by molar-refractivity contribution is 0.302. The van der Waals surface area contributed by atoms with Crippen molar-refractivity contribution in [1.82, 2.24) is 9.97 Å². The molecule has 0 unspecified atom stereocenters. The molecule has 140 valence electrons. The van der Waals surface area contributed by atoms with Gasteiger partial charge in [-0.3, -0.25) is 0 Å². The Balaban J connectivity index is 0.000000229. The van der Waals surface area contributed by atoms with E-state index in [1.807, 2.05) is 0 Å². The Morgan fingerprint density at radius 3 is 2.12 bits per heavy atom. The van der Waals surface area contributed by atoms with Gasteiger partial charge in [-0.1, -0.05) is 57.7 Å². The topological polar surface area (TPSA) is 25.8 Å². The highest BCUT2D eigenvalue weighted by molar-refractivity contribution is 5.31. The SMILES string of the molecule is CCCCCC1CCC(c2cnc(CC)nc2)CC1.Cc1cc2ccc1=2. The molecule has 1 fully saturated rings. The number of aryl methyl sites for hydroxylation is 2. The van der Waals surface area contributed by atoms with Gasteiger partial charge in [0.2, 0.25) is 0 Å². The van der Waals surface area contributed by atoms with E-state index in [1.165, 1.54) is 72.9 Å². The van der Waals surface area contributed by atoms with Crippen LogP contribution in [-0.2, 0) is 6.42 Å². The minimum absolute atomic E-state index is 0.716. The highest BCUT2D eigenvalue weighted by Gasteiger charge is 2.22. The van der Waals surface area contributed by atoms with Crippen molar-refractivity contribution in [3.63, 3.8) is 0 Å². The van der Waals surface area contributed by atoms with Gasteiger partial charge in [-0.2, -0.15) is 0 Å². The van der Waals surface area contributed by atoms with E-state index >= 15 is 0 Å². The van der Waals surface area contributed by atoms with Crippen molar-refractivity contribution in [1.29, 1.82) is 0 Å². The molecule has 3 aliphatic carbocycles. The van der Waals surface area contributed by atoms with E-state index < -0.39 is 0 Å². The van der Waals surface area contributed by atoms with Gasteiger partial charge in [0, 0.05) is 18.8 Å². The van der Waals surface area contributed by atoms with Crippen LogP contribution in [0, 0.1) is 23.3 Å². The first-order valence-electron chi connectivity index (χ1n) is 10.6. The molecule has 0 aromatic carbocycles. The fraction of sp³-hybridized carbons (Fsp3) is 0.583. The highest BCUT2D eigenvalue weighted by Crippen LogP contribution is 2.37. The molecule has 1 aromatic rings. The summed E-state index contributed by atoms with van der Waals surface area (Å²) >= 11 is 0. The molecule has 2 nitrogen and oxygen atoms in total. The average molecular weight is 351 g/mol. The summed E-state index contributed by atoms with van der Waals surface area (Å²) in [5, 5.41) is 2.91. The first-order valence-corrected chi connectivity index (χ1v) is 10.6. The van der Waals surface area contributed by atoms with E-state index in [1.54, 1.807) is 0 Å². The molecule has 3 aliphatic rings. The maximum Gasteiger partial charge on any atom is 0.127 e. The second-order valence-electron chi connectivity index (χ2n) is 8.03.